The van der Waals surface area contributed by atoms with Crippen LogP contribution in [0.4, 0.5) is 0 Å². The van der Waals surface area contributed by atoms with Crippen molar-refractivity contribution < 1.29 is 4.74 Å². The van der Waals surface area contributed by atoms with Gasteiger partial charge in [0.05, 0.1) is 11.7 Å². The van der Waals surface area contributed by atoms with Gasteiger partial charge in [-0.25, -0.2) is 0 Å². The molecular formula is C13H26ClNO. The van der Waals surface area contributed by atoms with Gasteiger partial charge in [0.25, 0.3) is 0 Å². The van der Waals surface area contributed by atoms with Crippen molar-refractivity contribution in [3.05, 3.63) is 0 Å². The Morgan fingerprint density at radius 2 is 1.94 bits per heavy atom. The minimum absolute atomic E-state index is 0.0216. The second kappa shape index (κ2) is 6.83. The molecule has 3 heteroatoms. The predicted octanol–water partition coefficient (Wildman–Crippen LogP) is 3.28. The first-order valence-corrected chi connectivity index (χ1v) is 7.03. The zero-order chi connectivity index (χ0) is 12.0. The monoisotopic (exact) mass is 247 g/mol. The van der Waals surface area contributed by atoms with Crippen LogP contribution in [0.15, 0.2) is 0 Å². The molecule has 0 saturated carbocycles. The number of hydrogen-bond acceptors (Lipinski definition) is 2. The van der Waals surface area contributed by atoms with Gasteiger partial charge in [-0.2, -0.15) is 0 Å². The maximum absolute atomic E-state index is 5.89. The minimum atomic E-state index is 0.0216. The third kappa shape index (κ3) is 5.51. The summed E-state index contributed by atoms with van der Waals surface area (Å²) in [5, 5.41) is 0. The van der Waals surface area contributed by atoms with Crippen molar-refractivity contribution in [2.75, 3.05) is 25.5 Å². The van der Waals surface area contributed by atoms with Gasteiger partial charge >= 0.3 is 0 Å². The average Bonchev–Trinajstić information content (AvgIpc) is 2.14. The zero-order valence-electron chi connectivity index (χ0n) is 11.0. The van der Waals surface area contributed by atoms with Crippen molar-refractivity contribution in [2.24, 2.45) is 0 Å². The van der Waals surface area contributed by atoms with E-state index in [0.29, 0.717) is 6.10 Å². The summed E-state index contributed by atoms with van der Waals surface area (Å²) in [6.45, 7) is 9.89. The number of unbranched alkanes of at least 4 members (excludes halogenated alkanes) is 3. The SMILES string of the molecule is CC1CN(CCCCCCCl)CC(C)(C)O1. The highest BCUT2D eigenvalue weighted by Crippen LogP contribution is 2.21. The van der Waals surface area contributed by atoms with Crippen molar-refractivity contribution in [3.63, 3.8) is 0 Å². The van der Waals surface area contributed by atoms with Gasteiger partial charge in [-0.1, -0.05) is 12.8 Å². The summed E-state index contributed by atoms with van der Waals surface area (Å²) in [5.41, 5.74) is 0.0216. The van der Waals surface area contributed by atoms with E-state index in [0.717, 1.165) is 25.4 Å². The Balaban J connectivity index is 2.16. The smallest absolute Gasteiger partial charge is 0.0757 e. The largest absolute Gasteiger partial charge is 0.370 e. The van der Waals surface area contributed by atoms with E-state index in [9.17, 15) is 0 Å². The molecule has 1 fully saturated rings. The maximum Gasteiger partial charge on any atom is 0.0757 e. The first-order chi connectivity index (χ1) is 7.53. The van der Waals surface area contributed by atoms with Gasteiger partial charge in [-0.3, -0.25) is 4.90 Å². The first kappa shape index (κ1) is 14.3. The van der Waals surface area contributed by atoms with Crippen LogP contribution in [0.25, 0.3) is 0 Å². The first-order valence-electron chi connectivity index (χ1n) is 6.49. The third-order valence-electron chi connectivity index (χ3n) is 3.00. The molecule has 0 amide bonds. The minimum Gasteiger partial charge on any atom is -0.370 e. The fourth-order valence-electron chi connectivity index (χ4n) is 2.54. The summed E-state index contributed by atoms with van der Waals surface area (Å²) in [6.07, 6.45) is 5.39. The fraction of sp³-hybridized carbons (Fsp3) is 1.00. The van der Waals surface area contributed by atoms with Crippen LogP contribution in [0.5, 0.6) is 0 Å². The molecule has 0 aromatic carbocycles. The summed E-state index contributed by atoms with van der Waals surface area (Å²) in [7, 11) is 0. The van der Waals surface area contributed by atoms with E-state index in [1.807, 2.05) is 0 Å². The number of alkyl halides is 1. The standard InChI is InChI=1S/C13H26ClNO/c1-12-10-15(11-13(2,3)16-12)9-7-5-4-6-8-14/h12H,4-11H2,1-3H3. The number of hydrogen-bond donors (Lipinski definition) is 0. The molecule has 0 aliphatic carbocycles. The van der Waals surface area contributed by atoms with Gasteiger partial charge in [0.1, 0.15) is 0 Å². The Labute approximate surface area is 105 Å². The van der Waals surface area contributed by atoms with Gasteiger partial charge in [0.15, 0.2) is 0 Å². The second-order valence-corrected chi connectivity index (χ2v) is 5.90. The van der Waals surface area contributed by atoms with Crippen LogP contribution < -0.4 is 0 Å². The number of halogens is 1. The lowest BCUT2D eigenvalue weighted by Crippen LogP contribution is -2.51. The van der Waals surface area contributed by atoms with Crippen molar-refractivity contribution in [2.45, 2.75) is 58.2 Å². The number of rotatable bonds is 6. The molecular weight excluding hydrogens is 222 g/mol. The van der Waals surface area contributed by atoms with Gasteiger partial charge in [-0.05, 0) is 40.2 Å². The number of morpholine rings is 1. The number of nitrogens with zero attached hydrogens (tertiary/aromatic N) is 1. The Morgan fingerprint density at radius 3 is 2.56 bits per heavy atom. The molecule has 0 aromatic heterocycles. The molecule has 2 nitrogen and oxygen atoms in total. The fourth-order valence-corrected chi connectivity index (χ4v) is 2.73. The molecule has 0 aromatic rings. The zero-order valence-corrected chi connectivity index (χ0v) is 11.7. The molecule has 0 N–H and O–H groups in total. The van der Waals surface area contributed by atoms with E-state index in [1.165, 1.54) is 25.8 Å². The maximum atomic E-state index is 5.89. The quantitative estimate of drug-likeness (QED) is 0.528. The summed E-state index contributed by atoms with van der Waals surface area (Å²) in [6, 6.07) is 0. The van der Waals surface area contributed by atoms with E-state index in [4.69, 9.17) is 16.3 Å². The van der Waals surface area contributed by atoms with E-state index in [-0.39, 0.29) is 5.60 Å². The average molecular weight is 248 g/mol. The van der Waals surface area contributed by atoms with Gasteiger partial charge in [0, 0.05) is 19.0 Å². The lowest BCUT2D eigenvalue weighted by Gasteiger charge is -2.41. The number of ether oxygens (including phenoxy) is 1. The van der Waals surface area contributed by atoms with Crippen LogP contribution >= 0.6 is 11.6 Å². The molecule has 1 aliphatic heterocycles. The highest BCUT2D eigenvalue weighted by Gasteiger charge is 2.30. The highest BCUT2D eigenvalue weighted by molar-refractivity contribution is 6.17. The van der Waals surface area contributed by atoms with Gasteiger partial charge < -0.3 is 4.74 Å². The molecule has 16 heavy (non-hydrogen) atoms. The molecule has 0 bridgehead atoms. The Kier molecular flexibility index (Phi) is 6.09. The molecule has 1 saturated heterocycles. The van der Waals surface area contributed by atoms with Crippen molar-refractivity contribution in [1.29, 1.82) is 0 Å². The molecule has 1 unspecified atom stereocenters. The third-order valence-corrected chi connectivity index (χ3v) is 3.27. The van der Waals surface area contributed by atoms with Crippen LogP contribution in [0.1, 0.15) is 46.5 Å². The van der Waals surface area contributed by atoms with E-state index in [1.54, 1.807) is 0 Å². The second-order valence-electron chi connectivity index (χ2n) is 5.53. The van der Waals surface area contributed by atoms with Crippen LogP contribution in [-0.2, 0) is 4.74 Å². The van der Waals surface area contributed by atoms with Gasteiger partial charge in [-0.15, -0.1) is 11.6 Å². The molecule has 0 radical (unpaired) electrons. The Bertz CT molecular complexity index is 196. The molecule has 1 atom stereocenters. The topological polar surface area (TPSA) is 12.5 Å². The summed E-state index contributed by atoms with van der Waals surface area (Å²) in [4.78, 5) is 2.54. The van der Waals surface area contributed by atoms with Crippen molar-refractivity contribution in [1.82, 2.24) is 4.90 Å². The van der Waals surface area contributed by atoms with Crippen molar-refractivity contribution in [3.8, 4) is 0 Å². The van der Waals surface area contributed by atoms with Gasteiger partial charge in [0.2, 0.25) is 0 Å². The lowest BCUT2D eigenvalue weighted by atomic mass is 10.0. The summed E-state index contributed by atoms with van der Waals surface area (Å²) in [5.74, 6) is 0.807. The molecule has 1 rings (SSSR count). The molecule has 0 spiro atoms. The molecule has 1 aliphatic rings. The predicted molar refractivity (Wildman–Crippen MR) is 70.3 cm³/mol. The van der Waals surface area contributed by atoms with Crippen molar-refractivity contribution >= 4 is 11.6 Å². The highest BCUT2D eigenvalue weighted by atomic mass is 35.5. The normalized spacial score (nSPS) is 25.9. The molecule has 96 valence electrons. The van der Waals surface area contributed by atoms with E-state index in [2.05, 4.69) is 25.7 Å². The Morgan fingerprint density at radius 1 is 1.25 bits per heavy atom. The molecule has 1 heterocycles. The Hall–Kier alpha value is 0.210. The van der Waals surface area contributed by atoms with E-state index >= 15 is 0 Å². The van der Waals surface area contributed by atoms with E-state index < -0.39 is 0 Å². The summed E-state index contributed by atoms with van der Waals surface area (Å²) < 4.78 is 5.89. The van der Waals surface area contributed by atoms with Crippen LogP contribution in [0, 0.1) is 0 Å². The van der Waals surface area contributed by atoms with Crippen LogP contribution in [0.2, 0.25) is 0 Å². The van der Waals surface area contributed by atoms with Crippen LogP contribution in [-0.4, -0.2) is 42.1 Å². The lowest BCUT2D eigenvalue weighted by molar-refractivity contribution is -0.128. The van der Waals surface area contributed by atoms with Crippen LogP contribution in [0.3, 0.4) is 0 Å². The summed E-state index contributed by atoms with van der Waals surface area (Å²) >= 11 is 5.66.